The number of nitrogens with zero attached hydrogens (tertiary/aromatic N) is 2. The van der Waals surface area contributed by atoms with Crippen molar-refractivity contribution in [3.8, 4) is 0 Å². The lowest BCUT2D eigenvalue weighted by atomic mass is 9.53. The van der Waals surface area contributed by atoms with Crippen molar-refractivity contribution >= 4 is 28.2 Å². The second kappa shape index (κ2) is 14.1. The van der Waals surface area contributed by atoms with Crippen molar-refractivity contribution < 1.29 is 0 Å². The Morgan fingerprint density at radius 2 is 1.43 bits per heavy atom. The zero-order valence-electron chi connectivity index (χ0n) is 28.9. The molecular weight excluding hydrogens is 573 g/mol. The highest BCUT2D eigenvalue weighted by Crippen LogP contribution is 2.53. The minimum Gasteiger partial charge on any atom is -0.398 e. The smallest absolute Gasteiger partial charge is 0.0448 e. The van der Waals surface area contributed by atoms with Crippen LogP contribution in [0.3, 0.4) is 0 Å². The minimum absolute atomic E-state index is 0.489. The maximum Gasteiger partial charge on any atom is 0.0448 e. The first kappa shape index (κ1) is 31.7. The Morgan fingerprint density at radius 3 is 2.26 bits per heavy atom. The molecule has 4 N–H and O–H groups in total. The molecule has 4 fully saturated rings. The van der Waals surface area contributed by atoms with Crippen LogP contribution in [0.4, 0.5) is 5.69 Å². The van der Waals surface area contributed by atoms with Crippen molar-refractivity contribution in [1.82, 2.24) is 9.80 Å². The molecule has 0 aromatic heterocycles. The number of hydrogen-bond acceptors (Lipinski definition) is 4. The number of likely N-dealkylation sites (tertiary alicyclic amines) is 1. The van der Waals surface area contributed by atoms with Crippen molar-refractivity contribution in [3.63, 3.8) is 0 Å². The second-order valence-corrected chi connectivity index (χ2v) is 16.3. The van der Waals surface area contributed by atoms with Crippen molar-refractivity contribution in [1.29, 1.82) is 0 Å². The second-order valence-electron chi connectivity index (χ2n) is 16.3. The lowest BCUT2D eigenvalue weighted by molar-refractivity contribution is -0.0890. The van der Waals surface area contributed by atoms with E-state index in [2.05, 4.69) is 64.6 Å². The van der Waals surface area contributed by atoms with Crippen LogP contribution in [-0.4, -0.2) is 41.5 Å². The highest BCUT2D eigenvalue weighted by Gasteiger charge is 2.52. The topological polar surface area (TPSA) is 58.5 Å². The molecule has 3 saturated carbocycles. The number of allylic oxidation sites excluding steroid dienone is 4. The third-order valence-electron chi connectivity index (χ3n) is 13.7. The van der Waals surface area contributed by atoms with E-state index in [0.29, 0.717) is 6.04 Å². The van der Waals surface area contributed by atoms with Gasteiger partial charge >= 0.3 is 0 Å². The van der Waals surface area contributed by atoms with Crippen molar-refractivity contribution in [2.45, 2.75) is 121 Å². The number of piperidine rings is 1. The predicted octanol–water partition coefficient (Wildman–Crippen LogP) is 7.85. The van der Waals surface area contributed by atoms with Crippen molar-refractivity contribution in [2.24, 2.45) is 35.3 Å². The summed E-state index contributed by atoms with van der Waals surface area (Å²) in [6, 6.07) is 12.2. The van der Waals surface area contributed by atoms with Gasteiger partial charge in [-0.15, -0.1) is 0 Å². The normalized spacial score (nSPS) is 31.7. The van der Waals surface area contributed by atoms with E-state index >= 15 is 0 Å². The molecule has 7 atom stereocenters. The van der Waals surface area contributed by atoms with E-state index in [9.17, 15) is 0 Å². The number of nitrogens with two attached hydrogens (primary N) is 2. The van der Waals surface area contributed by atoms with Crippen LogP contribution in [0.2, 0.25) is 0 Å². The Bertz CT molecular complexity index is 1600. The van der Waals surface area contributed by atoms with Crippen LogP contribution >= 0.6 is 0 Å². The minimum atomic E-state index is 0.489. The number of unbranched alkanes of at least 4 members (excludes halogenated alkanes) is 6. The summed E-state index contributed by atoms with van der Waals surface area (Å²) in [6.45, 7) is 3.84. The van der Waals surface area contributed by atoms with E-state index in [0.717, 1.165) is 54.3 Å². The largest absolute Gasteiger partial charge is 0.398 e. The molecule has 4 heteroatoms. The summed E-state index contributed by atoms with van der Waals surface area (Å²) in [5.74, 6) is 4.56. The van der Waals surface area contributed by atoms with Gasteiger partial charge in [0.05, 0.1) is 0 Å². The molecular formula is C43H60N4. The van der Waals surface area contributed by atoms with Gasteiger partial charge in [0.2, 0.25) is 0 Å². The van der Waals surface area contributed by atoms with Gasteiger partial charge in [-0.25, -0.2) is 0 Å². The van der Waals surface area contributed by atoms with Crippen molar-refractivity contribution in [2.75, 3.05) is 25.4 Å². The van der Waals surface area contributed by atoms with Gasteiger partial charge in [0.15, 0.2) is 0 Å². The molecule has 2 heterocycles. The molecule has 4 aliphatic carbocycles. The molecule has 0 radical (unpaired) electrons. The summed E-state index contributed by atoms with van der Waals surface area (Å²) in [6.07, 6.45) is 32.7. The van der Waals surface area contributed by atoms with Crippen LogP contribution in [-0.2, 0) is 0 Å². The Kier molecular flexibility index (Phi) is 9.52. The van der Waals surface area contributed by atoms with Crippen LogP contribution < -0.4 is 21.9 Å². The molecule has 47 heavy (non-hydrogen) atoms. The molecule has 6 aliphatic rings. The lowest BCUT2D eigenvalue weighted by Gasteiger charge is -2.59. The Hall–Kier alpha value is -2.56. The third kappa shape index (κ3) is 6.23. The molecule has 0 spiro atoms. The zero-order valence-corrected chi connectivity index (χ0v) is 28.9. The first-order valence-electron chi connectivity index (χ1n) is 19.8. The summed E-state index contributed by atoms with van der Waals surface area (Å²) in [5.41, 5.74) is 17.1. The molecule has 0 amide bonds. The predicted molar refractivity (Wildman–Crippen MR) is 199 cm³/mol. The fourth-order valence-corrected chi connectivity index (χ4v) is 11.5. The average molecular weight is 633 g/mol. The molecule has 2 aromatic rings. The number of fused-ring (bicyclic) bond motifs is 9. The molecule has 0 bridgehead atoms. The van der Waals surface area contributed by atoms with E-state index in [4.69, 9.17) is 11.5 Å². The van der Waals surface area contributed by atoms with Gasteiger partial charge in [0.1, 0.15) is 0 Å². The van der Waals surface area contributed by atoms with E-state index in [1.54, 1.807) is 0 Å². The fraction of sp³-hybridized carbons (Fsp3) is 0.628. The van der Waals surface area contributed by atoms with E-state index < -0.39 is 0 Å². The highest BCUT2D eigenvalue weighted by molar-refractivity contribution is 5.95. The summed E-state index contributed by atoms with van der Waals surface area (Å²) >= 11 is 0. The summed E-state index contributed by atoms with van der Waals surface area (Å²) in [4.78, 5) is 5.56. The Morgan fingerprint density at radius 1 is 0.723 bits per heavy atom. The van der Waals surface area contributed by atoms with Crippen LogP contribution in [0.1, 0.15) is 109 Å². The number of benzene rings is 2. The van der Waals surface area contributed by atoms with Gasteiger partial charge in [-0.2, -0.15) is 0 Å². The summed E-state index contributed by atoms with van der Waals surface area (Å²) < 4.78 is 0. The first-order valence-corrected chi connectivity index (χ1v) is 19.8. The van der Waals surface area contributed by atoms with Crippen LogP contribution in [0.25, 0.3) is 22.5 Å². The third-order valence-corrected chi connectivity index (χ3v) is 13.7. The van der Waals surface area contributed by atoms with Crippen LogP contribution in [0, 0.1) is 29.6 Å². The summed E-state index contributed by atoms with van der Waals surface area (Å²) in [5, 5.41) is 5.10. The monoisotopic (exact) mass is 632 g/mol. The SMILES string of the molecule is Nc1cc2c(c3ccccc13)=CN(CCCCCCCCCN1CC3C4CCCCC4C(N)CC3C3CCCCC31)C1=CC=CCC=21. The zero-order chi connectivity index (χ0) is 31.7. The summed E-state index contributed by atoms with van der Waals surface area (Å²) in [7, 11) is 0. The Balaban J connectivity index is 0.814. The lowest BCUT2D eigenvalue weighted by Crippen LogP contribution is -2.61. The maximum absolute atomic E-state index is 6.89. The molecule has 2 aromatic carbocycles. The fourth-order valence-electron chi connectivity index (χ4n) is 11.5. The quantitative estimate of drug-likeness (QED) is 0.207. The van der Waals surface area contributed by atoms with Gasteiger partial charge in [0.25, 0.3) is 0 Å². The number of anilines is 1. The highest BCUT2D eigenvalue weighted by atomic mass is 15.2. The van der Waals surface area contributed by atoms with Gasteiger partial charge in [-0.3, -0.25) is 4.90 Å². The number of rotatable bonds is 10. The van der Waals surface area contributed by atoms with E-state index in [-0.39, 0.29) is 0 Å². The first-order chi connectivity index (χ1) is 23.2. The van der Waals surface area contributed by atoms with E-state index in [1.807, 2.05) is 0 Å². The van der Waals surface area contributed by atoms with Gasteiger partial charge in [-0.1, -0.05) is 94.2 Å². The van der Waals surface area contributed by atoms with Gasteiger partial charge < -0.3 is 16.4 Å². The van der Waals surface area contributed by atoms with Crippen LogP contribution in [0.5, 0.6) is 0 Å². The molecule has 8 rings (SSSR count). The molecule has 4 nitrogen and oxygen atoms in total. The Labute approximate surface area is 284 Å². The van der Waals surface area contributed by atoms with Gasteiger partial charge in [-0.05, 0) is 116 Å². The molecule has 7 unspecified atom stereocenters. The standard InChI is InChI=1S/C43H60N4/c44-40-26-36-34-20-10-12-22-42(34)46(28-38(36)30-16-6-8-18-32(30)40)24-14-4-2-1-3-5-15-25-47-29-39-31-17-7-9-19-33(31)41(45)27-37(39)35-21-11-13-23-43(35)47/h6,8,10,12,16,18,22,26,28,31,33,35,37,39,41,43H,1-5,7,9,11,13-15,17,19-21,23-25,27,29,44-45H2. The van der Waals surface area contributed by atoms with E-state index in [1.165, 1.54) is 148 Å². The maximum atomic E-state index is 6.89. The number of nitrogen functional groups attached to an aromatic ring is 1. The molecule has 2 aliphatic heterocycles. The van der Waals surface area contributed by atoms with Crippen LogP contribution in [0.15, 0.2) is 54.3 Å². The molecule has 252 valence electrons. The van der Waals surface area contributed by atoms with Gasteiger partial charge in [0, 0.05) is 53.4 Å². The average Bonchev–Trinajstić information content (AvgIpc) is 3.12. The molecule has 1 saturated heterocycles. The number of hydrogen-bond donors (Lipinski definition) is 2. The van der Waals surface area contributed by atoms with Crippen molar-refractivity contribution in [3.05, 3.63) is 64.7 Å².